The molecule has 162 valence electrons. The molecule has 0 bridgehead atoms. The summed E-state index contributed by atoms with van der Waals surface area (Å²) in [4.78, 5) is 25.5. The molecule has 1 aromatic rings. The zero-order valence-electron chi connectivity index (χ0n) is 18.3. The number of aliphatic imine (C=N–C) groups is 1. The van der Waals surface area contributed by atoms with E-state index in [1.807, 2.05) is 32.2 Å². The summed E-state index contributed by atoms with van der Waals surface area (Å²) in [6, 6.07) is 4.09. The molecule has 1 saturated heterocycles. The van der Waals surface area contributed by atoms with Gasteiger partial charge in [0.2, 0.25) is 11.8 Å². The van der Waals surface area contributed by atoms with Crippen molar-refractivity contribution < 1.29 is 9.53 Å². The van der Waals surface area contributed by atoms with Gasteiger partial charge in [-0.1, -0.05) is 13.0 Å². The number of nitrogens with zero attached hydrogens (tertiary/aromatic N) is 4. The van der Waals surface area contributed by atoms with Gasteiger partial charge in [0.25, 0.3) is 0 Å². The molecule has 1 fully saturated rings. The van der Waals surface area contributed by atoms with Crippen molar-refractivity contribution in [2.75, 3.05) is 45.9 Å². The first-order valence-electron chi connectivity index (χ1n) is 10.6. The maximum absolute atomic E-state index is 12.0. The molecule has 8 heteroatoms. The molecule has 1 aromatic heterocycles. The predicted molar refractivity (Wildman–Crippen MR) is 116 cm³/mol. The van der Waals surface area contributed by atoms with Crippen LogP contribution in [0.15, 0.2) is 23.3 Å². The number of rotatable bonds is 9. The van der Waals surface area contributed by atoms with Crippen LogP contribution in [0.2, 0.25) is 0 Å². The van der Waals surface area contributed by atoms with Gasteiger partial charge in [-0.3, -0.25) is 9.69 Å². The van der Waals surface area contributed by atoms with E-state index < -0.39 is 0 Å². The van der Waals surface area contributed by atoms with Crippen LogP contribution in [0, 0.1) is 0 Å². The average molecular weight is 405 g/mol. The maximum atomic E-state index is 12.0. The first kappa shape index (κ1) is 22.9. The molecule has 1 aliphatic heterocycles. The number of pyridine rings is 1. The van der Waals surface area contributed by atoms with E-state index >= 15 is 0 Å². The summed E-state index contributed by atoms with van der Waals surface area (Å²) < 4.78 is 5.53. The smallest absolute Gasteiger partial charge is 0.234 e. The number of carbonyl (C=O) groups is 1. The third-order valence-corrected chi connectivity index (χ3v) is 4.49. The summed E-state index contributed by atoms with van der Waals surface area (Å²) in [7, 11) is 0. The Bertz CT molecular complexity index is 639. The zero-order chi connectivity index (χ0) is 21.1. The molecule has 8 nitrogen and oxygen atoms in total. The van der Waals surface area contributed by atoms with Crippen LogP contribution in [0.4, 0.5) is 0 Å². The fourth-order valence-electron chi connectivity index (χ4n) is 3.08. The Morgan fingerprint density at radius 2 is 2.00 bits per heavy atom. The van der Waals surface area contributed by atoms with Crippen LogP contribution in [-0.2, 0) is 11.3 Å². The van der Waals surface area contributed by atoms with E-state index in [9.17, 15) is 4.79 Å². The highest BCUT2D eigenvalue weighted by Crippen LogP contribution is 2.10. The summed E-state index contributed by atoms with van der Waals surface area (Å²) in [6.07, 6.45) is 2.79. The number of hydrogen-bond donors (Lipinski definition) is 2. The Balaban J connectivity index is 1.86. The fraction of sp³-hybridized carbons (Fsp3) is 0.667. The van der Waals surface area contributed by atoms with Crippen molar-refractivity contribution in [3.05, 3.63) is 23.9 Å². The molecule has 0 saturated carbocycles. The Kier molecular flexibility index (Phi) is 9.70. The maximum Gasteiger partial charge on any atom is 0.234 e. The molecule has 29 heavy (non-hydrogen) atoms. The van der Waals surface area contributed by atoms with Crippen LogP contribution in [-0.4, -0.2) is 78.6 Å². The minimum atomic E-state index is 0.0906. The molecule has 2 rings (SSSR count). The van der Waals surface area contributed by atoms with Gasteiger partial charge in [-0.2, -0.15) is 0 Å². The fourth-order valence-corrected chi connectivity index (χ4v) is 3.08. The van der Waals surface area contributed by atoms with Gasteiger partial charge in [0.15, 0.2) is 5.96 Å². The number of hydrogen-bond acceptors (Lipinski definition) is 5. The van der Waals surface area contributed by atoms with Gasteiger partial charge in [-0.15, -0.1) is 0 Å². The van der Waals surface area contributed by atoms with E-state index in [0.29, 0.717) is 25.6 Å². The van der Waals surface area contributed by atoms with E-state index in [0.717, 1.165) is 50.7 Å². The van der Waals surface area contributed by atoms with Crippen molar-refractivity contribution in [1.82, 2.24) is 25.4 Å². The number of carbonyl (C=O) groups excluding carboxylic acids is 1. The van der Waals surface area contributed by atoms with E-state index in [1.165, 1.54) is 0 Å². The summed E-state index contributed by atoms with van der Waals surface area (Å²) in [5.41, 5.74) is 1.05. The van der Waals surface area contributed by atoms with Crippen LogP contribution in [0.5, 0.6) is 5.88 Å². The van der Waals surface area contributed by atoms with E-state index in [4.69, 9.17) is 9.73 Å². The molecule has 0 aromatic carbocycles. The Hall–Kier alpha value is -2.35. The largest absolute Gasteiger partial charge is 0.478 e. The number of amides is 1. The summed E-state index contributed by atoms with van der Waals surface area (Å²) in [5.74, 6) is 1.65. The summed E-state index contributed by atoms with van der Waals surface area (Å²) in [6.45, 7) is 14.0. The lowest BCUT2D eigenvalue weighted by molar-refractivity contribution is -0.123. The Morgan fingerprint density at radius 3 is 2.59 bits per heavy atom. The standard InChI is InChI=1S/C21H36N6O2/c1-5-13-29-20-8-7-18(14-23-20)15-24-21(22-6-2)27-11-9-26(10-12-27)16-19(28)25-17(3)4/h7-8,14,17H,5-6,9-13,15-16H2,1-4H3,(H,22,24)(H,25,28). The van der Waals surface area contributed by atoms with E-state index in [-0.39, 0.29) is 11.9 Å². The highest BCUT2D eigenvalue weighted by molar-refractivity contribution is 5.80. The van der Waals surface area contributed by atoms with Gasteiger partial charge >= 0.3 is 0 Å². The molecule has 0 spiro atoms. The van der Waals surface area contributed by atoms with Crippen LogP contribution in [0.3, 0.4) is 0 Å². The van der Waals surface area contributed by atoms with Crippen LogP contribution in [0.25, 0.3) is 0 Å². The molecular weight excluding hydrogens is 368 g/mol. The topological polar surface area (TPSA) is 82.1 Å². The Morgan fingerprint density at radius 1 is 1.24 bits per heavy atom. The average Bonchev–Trinajstić information content (AvgIpc) is 2.70. The van der Waals surface area contributed by atoms with Crippen molar-refractivity contribution in [3.8, 4) is 5.88 Å². The number of guanidine groups is 1. The quantitative estimate of drug-likeness (QED) is 0.479. The predicted octanol–water partition coefficient (Wildman–Crippen LogP) is 1.48. The number of piperazine rings is 1. The van der Waals surface area contributed by atoms with E-state index in [2.05, 4.69) is 39.3 Å². The van der Waals surface area contributed by atoms with Crippen molar-refractivity contribution in [2.24, 2.45) is 4.99 Å². The monoisotopic (exact) mass is 404 g/mol. The third-order valence-electron chi connectivity index (χ3n) is 4.49. The molecule has 0 unspecified atom stereocenters. The second kappa shape index (κ2) is 12.3. The molecular formula is C21H36N6O2. The minimum absolute atomic E-state index is 0.0906. The van der Waals surface area contributed by atoms with Gasteiger partial charge in [0.1, 0.15) is 0 Å². The van der Waals surface area contributed by atoms with Gasteiger partial charge in [-0.05, 0) is 32.8 Å². The number of nitrogens with one attached hydrogen (secondary N) is 2. The Labute approximate surface area is 174 Å². The lowest BCUT2D eigenvalue weighted by atomic mass is 10.3. The molecule has 0 radical (unpaired) electrons. The molecule has 1 aliphatic rings. The highest BCUT2D eigenvalue weighted by Gasteiger charge is 2.21. The number of aromatic nitrogens is 1. The summed E-state index contributed by atoms with van der Waals surface area (Å²) in [5, 5.41) is 6.33. The normalized spacial score (nSPS) is 15.5. The van der Waals surface area contributed by atoms with E-state index in [1.54, 1.807) is 0 Å². The number of ether oxygens (including phenoxy) is 1. The second-order valence-electron chi connectivity index (χ2n) is 7.51. The molecule has 0 aliphatic carbocycles. The van der Waals surface area contributed by atoms with Crippen LogP contribution in [0.1, 0.15) is 39.7 Å². The van der Waals surface area contributed by atoms with Gasteiger partial charge in [0.05, 0.1) is 19.7 Å². The molecule has 2 N–H and O–H groups in total. The van der Waals surface area contributed by atoms with Crippen molar-refractivity contribution >= 4 is 11.9 Å². The minimum Gasteiger partial charge on any atom is -0.478 e. The molecule has 1 amide bonds. The van der Waals surface area contributed by atoms with Crippen LogP contribution < -0.4 is 15.4 Å². The lowest BCUT2D eigenvalue weighted by Gasteiger charge is -2.36. The first-order valence-corrected chi connectivity index (χ1v) is 10.6. The third kappa shape index (κ3) is 8.27. The molecule has 0 atom stereocenters. The molecule has 2 heterocycles. The first-order chi connectivity index (χ1) is 14.0. The van der Waals surface area contributed by atoms with Crippen molar-refractivity contribution in [3.63, 3.8) is 0 Å². The lowest BCUT2D eigenvalue weighted by Crippen LogP contribution is -2.54. The second-order valence-corrected chi connectivity index (χ2v) is 7.51. The SMILES string of the molecule is CCCOc1ccc(CN=C(NCC)N2CCN(CC(=O)NC(C)C)CC2)cn1. The van der Waals surface area contributed by atoms with Gasteiger partial charge in [0, 0.05) is 51.0 Å². The van der Waals surface area contributed by atoms with Gasteiger partial charge < -0.3 is 20.3 Å². The summed E-state index contributed by atoms with van der Waals surface area (Å²) >= 11 is 0. The van der Waals surface area contributed by atoms with Gasteiger partial charge in [-0.25, -0.2) is 9.98 Å². The van der Waals surface area contributed by atoms with Crippen molar-refractivity contribution in [2.45, 2.75) is 46.7 Å². The van der Waals surface area contributed by atoms with Crippen molar-refractivity contribution in [1.29, 1.82) is 0 Å². The highest BCUT2D eigenvalue weighted by atomic mass is 16.5. The zero-order valence-corrected chi connectivity index (χ0v) is 18.3. The van der Waals surface area contributed by atoms with Crippen LogP contribution >= 0.6 is 0 Å².